The lowest BCUT2D eigenvalue weighted by Gasteiger charge is -2.10. The van der Waals surface area contributed by atoms with E-state index in [1.807, 2.05) is 60.7 Å². The molecule has 9 aromatic rings. The van der Waals surface area contributed by atoms with Gasteiger partial charge in [-0.25, -0.2) is 15.0 Å². The van der Waals surface area contributed by atoms with Gasteiger partial charge in [-0.3, -0.25) is 0 Å². The molecule has 0 radical (unpaired) electrons. The molecular formula is C43H28N4. The summed E-state index contributed by atoms with van der Waals surface area (Å²) in [6.45, 7) is 0. The molecule has 0 atom stereocenters. The third kappa shape index (κ3) is 4.75. The number of para-hydroxylation sites is 1. The van der Waals surface area contributed by atoms with Gasteiger partial charge in [-0.1, -0.05) is 140 Å². The first kappa shape index (κ1) is 27.0. The van der Waals surface area contributed by atoms with Gasteiger partial charge < -0.3 is 4.57 Å². The normalized spacial score (nSPS) is 11.4. The van der Waals surface area contributed by atoms with Crippen LogP contribution in [0.4, 0.5) is 0 Å². The van der Waals surface area contributed by atoms with E-state index in [-0.39, 0.29) is 0 Å². The Hall–Kier alpha value is -6.39. The van der Waals surface area contributed by atoms with Crippen molar-refractivity contribution in [3.63, 3.8) is 0 Å². The minimum Gasteiger partial charge on any atom is -0.309 e. The van der Waals surface area contributed by atoms with Crippen molar-refractivity contribution in [3.05, 3.63) is 170 Å². The Labute approximate surface area is 272 Å². The van der Waals surface area contributed by atoms with E-state index in [2.05, 4.69) is 114 Å². The molecule has 0 fully saturated rings. The number of nitrogens with zero attached hydrogens (tertiary/aromatic N) is 4. The quantitative estimate of drug-likeness (QED) is 0.197. The Morgan fingerprint density at radius 3 is 1.47 bits per heavy atom. The van der Waals surface area contributed by atoms with Gasteiger partial charge in [0.1, 0.15) is 0 Å². The predicted molar refractivity (Wildman–Crippen MR) is 193 cm³/mol. The van der Waals surface area contributed by atoms with Crippen molar-refractivity contribution in [2.75, 3.05) is 0 Å². The molecule has 0 N–H and O–H groups in total. The first-order valence-corrected chi connectivity index (χ1v) is 15.8. The molecule has 2 aromatic heterocycles. The van der Waals surface area contributed by atoms with E-state index < -0.39 is 0 Å². The fraction of sp³-hybridized carbons (Fsp3) is 0. The first-order chi connectivity index (χ1) is 23.3. The number of aromatic nitrogens is 4. The molecule has 7 aromatic carbocycles. The summed E-state index contributed by atoms with van der Waals surface area (Å²) in [6, 6.07) is 59.3. The van der Waals surface area contributed by atoms with Gasteiger partial charge >= 0.3 is 0 Å². The van der Waals surface area contributed by atoms with Crippen molar-refractivity contribution in [3.8, 4) is 51.0 Å². The summed E-state index contributed by atoms with van der Waals surface area (Å²) >= 11 is 0. The van der Waals surface area contributed by atoms with Gasteiger partial charge in [0.2, 0.25) is 0 Å². The summed E-state index contributed by atoms with van der Waals surface area (Å²) in [5.41, 5.74) is 8.71. The van der Waals surface area contributed by atoms with Gasteiger partial charge in [-0.2, -0.15) is 0 Å². The maximum Gasteiger partial charge on any atom is 0.164 e. The molecule has 0 amide bonds. The highest BCUT2D eigenvalue weighted by molar-refractivity contribution is 6.21. The lowest BCUT2D eigenvalue weighted by Crippen LogP contribution is -2.00. The second kappa shape index (κ2) is 11.2. The van der Waals surface area contributed by atoms with Crippen molar-refractivity contribution >= 4 is 32.6 Å². The molecule has 0 aliphatic rings. The molecule has 4 heteroatoms. The van der Waals surface area contributed by atoms with Crippen molar-refractivity contribution < 1.29 is 0 Å². The second-order valence-electron chi connectivity index (χ2n) is 11.7. The van der Waals surface area contributed by atoms with Gasteiger partial charge in [0.15, 0.2) is 17.5 Å². The average molecular weight is 601 g/mol. The highest BCUT2D eigenvalue weighted by atomic mass is 15.0. The summed E-state index contributed by atoms with van der Waals surface area (Å²) in [5, 5.41) is 5.01. The lowest BCUT2D eigenvalue weighted by atomic mass is 9.99. The second-order valence-corrected chi connectivity index (χ2v) is 11.7. The van der Waals surface area contributed by atoms with Gasteiger partial charge in [0, 0.05) is 33.2 Å². The Morgan fingerprint density at radius 2 is 0.830 bits per heavy atom. The van der Waals surface area contributed by atoms with Crippen molar-refractivity contribution in [1.29, 1.82) is 0 Å². The Bertz CT molecular complexity index is 2480. The van der Waals surface area contributed by atoms with Crippen molar-refractivity contribution in [2.45, 2.75) is 0 Å². The van der Waals surface area contributed by atoms with Crippen LogP contribution in [0.2, 0.25) is 0 Å². The summed E-state index contributed by atoms with van der Waals surface area (Å²) < 4.78 is 2.37. The van der Waals surface area contributed by atoms with E-state index in [0.717, 1.165) is 33.5 Å². The number of rotatable bonds is 5. The summed E-state index contributed by atoms with van der Waals surface area (Å²) in [6.07, 6.45) is 0. The molecular weight excluding hydrogens is 573 g/mol. The van der Waals surface area contributed by atoms with E-state index in [0.29, 0.717) is 17.5 Å². The molecule has 0 aliphatic carbocycles. The van der Waals surface area contributed by atoms with Crippen LogP contribution in [0.25, 0.3) is 83.6 Å². The molecule has 0 aliphatic heterocycles. The van der Waals surface area contributed by atoms with Crippen LogP contribution in [0.5, 0.6) is 0 Å². The number of fused-ring (bicyclic) bond motifs is 5. The molecule has 9 rings (SSSR count). The summed E-state index contributed by atoms with van der Waals surface area (Å²) in [4.78, 5) is 14.7. The van der Waals surface area contributed by atoms with E-state index in [4.69, 9.17) is 15.0 Å². The van der Waals surface area contributed by atoms with Crippen LogP contribution >= 0.6 is 0 Å². The Kier molecular flexibility index (Phi) is 6.43. The maximum atomic E-state index is 4.91. The number of hydrogen-bond donors (Lipinski definition) is 0. The van der Waals surface area contributed by atoms with Gasteiger partial charge in [0.25, 0.3) is 0 Å². The minimum atomic E-state index is 0.650. The average Bonchev–Trinajstić information content (AvgIpc) is 3.50. The molecule has 0 unspecified atom stereocenters. The van der Waals surface area contributed by atoms with Crippen molar-refractivity contribution in [2.24, 2.45) is 0 Å². The fourth-order valence-corrected chi connectivity index (χ4v) is 6.57. The zero-order valence-electron chi connectivity index (χ0n) is 25.5. The largest absolute Gasteiger partial charge is 0.309 e. The molecule has 2 heterocycles. The van der Waals surface area contributed by atoms with Crippen LogP contribution in [-0.4, -0.2) is 19.5 Å². The molecule has 0 spiro atoms. The smallest absolute Gasteiger partial charge is 0.164 e. The van der Waals surface area contributed by atoms with Crippen molar-refractivity contribution in [1.82, 2.24) is 19.5 Å². The molecule has 0 bridgehead atoms. The van der Waals surface area contributed by atoms with E-state index >= 15 is 0 Å². The van der Waals surface area contributed by atoms with Gasteiger partial charge in [0.05, 0.1) is 11.0 Å². The molecule has 0 saturated heterocycles. The third-order valence-electron chi connectivity index (χ3n) is 8.84. The first-order valence-electron chi connectivity index (χ1n) is 15.8. The molecule has 220 valence electrons. The molecule has 47 heavy (non-hydrogen) atoms. The van der Waals surface area contributed by atoms with E-state index in [1.165, 1.54) is 32.6 Å². The summed E-state index contributed by atoms with van der Waals surface area (Å²) in [7, 11) is 0. The predicted octanol–water partition coefficient (Wildman–Crippen LogP) is 10.8. The SMILES string of the molecule is c1ccc(-c2nc(-c3ccccc3)nc(-c3ccc(-c4ccc5c(c4)c4c6ccccc6ccc4n5-c4ccccc4)cc3)n2)cc1. The van der Waals surface area contributed by atoms with Gasteiger partial charge in [-0.15, -0.1) is 0 Å². The lowest BCUT2D eigenvalue weighted by molar-refractivity contribution is 1.07. The highest BCUT2D eigenvalue weighted by Crippen LogP contribution is 2.39. The van der Waals surface area contributed by atoms with Gasteiger partial charge in [-0.05, 0) is 52.2 Å². The van der Waals surface area contributed by atoms with Crippen LogP contribution in [0, 0.1) is 0 Å². The number of benzene rings is 7. The summed E-state index contributed by atoms with van der Waals surface area (Å²) in [5.74, 6) is 1.97. The fourth-order valence-electron chi connectivity index (χ4n) is 6.57. The van der Waals surface area contributed by atoms with E-state index in [1.54, 1.807) is 0 Å². The third-order valence-corrected chi connectivity index (χ3v) is 8.84. The minimum absolute atomic E-state index is 0.650. The molecule has 4 nitrogen and oxygen atoms in total. The number of hydrogen-bond acceptors (Lipinski definition) is 3. The van der Waals surface area contributed by atoms with Crippen LogP contribution < -0.4 is 0 Å². The monoisotopic (exact) mass is 600 g/mol. The maximum absolute atomic E-state index is 4.91. The topological polar surface area (TPSA) is 43.6 Å². The Morgan fingerprint density at radius 1 is 0.340 bits per heavy atom. The van der Waals surface area contributed by atoms with Crippen LogP contribution in [0.15, 0.2) is 170 Å². The van der Waals surface area contributed by atoms with Crippen LogP contribution in [-0.2, 0) is 0 Å². The van der Waals surface area contributed by atoms with Crippen LogP contribution in [0.1, 0.15) is 0 Å². The molecule has 0 saturated carbocycles. The highest BCUT2D eigenvalue weighted by Gasteiger charge is 2.16. The standard InChI is InChI=1S/C43H28N4/c1-4-13-31(14-5-1)41-44-42(32-15-6-2-7-16-32)46-43(45-41)33-22-20-29(21-23-33)34-25-26-38-37(28-34)40-36-19-11-10-12-30(36)24-27-39(40)47(38)35-17-8-3-9-18-35/h1-28H. The zero-order valence-corrected chi connectivity index (χ0v) is 25.5. The Balaban J connectivity index is 1.17. The van der Waals surface area contributed by atoms with Crippen LogP contribution in [0.3, 0.4) is 0 Å². The van der Waals surface area contributed by atoms with E-state index in [9.17, 15) is 0 Å². The zero-order chi connectivity index (χ0) is 31.2.